The van der Waals surface area contributed by atoms with E-state index in [4.69, 9.17) is 12.7 Å². The average molecular weight is 266 g/mol. The lowest BCUT2D eigenvalue weighted by molar-refractivity contribution is 0.594. The average Bonchev–Trinajstić information content (AvgIpc) is 2.35. The SMILES string of the molecule is [B]Oc1ccc(C)c(SCCC)c1SCCC. The van der Waals surface area contributed by atoms with Gasteiger partial charge in [-0.3, -0.25) is 0 Å². The molecule has 1 nitrogen and oxygen atoms in total. The minimum atomic E-state index is 0.799. The van der Waals surface area contributed by atoms with Gasteiger partial charge in [0.15, 0.2) is 0 Å². The van der Waals surface area contributed by atoms with E-state index < -0.39 is 0 Å². The molecule has 0 fully saturated rings. The molecular weight excluding hydrogens is 247 g/mol. The molecular formula is C13H19BOS2. The summed E-state index contributed by atoms with van der Waals surface area (Å²) in [6.07, 6.45) is 2.33. The van der Waals surface area contributed by atoms with Crippen LogP contribution < -0.4 is 4.65 Å². The van der Waals surface area contributed by atoms with Crippen molar-refractivity contribution in [2.75, 3.05) is 11.5 Å². The fraction of sp³-hybridized carbons (Fsp3) is 0.538. The fourth-order valence-corrected chi connectivity index (χ4v) is 3.71. The lowest BCUT2D eigenvalue weighted by atomic mass is 10.2. The zero-order valence-corrected chi connectivity index (χ0v) is 12.4. The molecule has 1 aromatic carbocycles. The zero-order chi connectivity index (χ0) is 12.7. The van der Waals surface area contributed by atoms with Crippen LogP contribution in [0.25, 0.3) is 0 Å². The van der Waals surface area contributed by atoms with Crippen LogP contribution >= 0.6 is 23.5 Å². The standard InChI is InChI=1S/C13H19BOS2/c1-4-8-16-12-10(3)6-7-11(15-14)13(12)17-9-5-2/h6-7H,4-5,8-9H2,1-3H3. The summed E-state index contributed by atoms with van der Waals surface area (Å²) in [5.41, 5.74) is 1.31. The Labute approximate surface area is 115 Å². The summed E-state index contributed by atoms with van der Waals surface area (Å²) in [7, 11) is 5.35. The first-order chi connectivity index (χ1) is 8.24. The summed E-state index contributed by atoms with van der Waals surface area (Å²) in [6.45, 7) is 6.53. The van der Waals surface area contributed by atoms with Crippen LogP contribution in [0.1, 0.15) is 32.3 Å². The molecule has 0 N–H and O–H groups in total. The quantitative estimate of drug-likeness (QED) is 0.532. The Kier molecular flexibility index (Phi) is 6.97. The topological polar surface area (TPSA) is 9.23 Å². The Bertz CT molecular complexity index is 356. The predicted octanol–water partition coefficient (Wildman–Crippen LogP) is 4.46. The van der Waals surface area contributed by atoms with Gasteiger partial charge in [0.2, 0.25) is 0 Å². The molecule has 0 aliphatic carbocycles. The number of hydrogen-bond acceptors (Lipinski definition) is 3. The number of thioether (sulfide) groups is 2. The van der Waals surface area contributed by atoms with Gasteiger partial charge in [0.1, 0.15) is 5.75 Å². The van der Waals surface area contributed by atoms with Crippen LogP contribution in [0, 0.1) is 6.92 Å². The molecule has 0 aromatic heterocycles. The highest BCUT2D eigenvalue weighted by molar-refractivity contribution is 8.02. The van der Waals surface area contributed by atoms with Gasteiger partial charge in [-0.25, -0.2) is 0 Å². The van der Waals surface area contributed by atoms with Crippen molar-refractivity contribution in [1.29, 1.82) is 0 Å². The van der Waals surface area contributed by atoms with Crippen LogP contribution in [-0.2, 0) is 0 Å². The van der Waals surface area contributed by atoms with Crippen molar-refractivity contribution in [3.05, 3.63) is 17.7 Å². The normalized spacial score (nSPS) is 10.5. The summed E-state index contributed by atoms with van der Waals surface area (Å²) >= 11 is 3.73. The van der Waals surface area contributed by atoms with E-state index in [-0.39, 0.29) is 0 Å². The molecule has 0 aliphatic heterocycles. The van der Waals surface area contributed by atoms with E-state index in [1.54, 1.807) is 0 Å². The van der Waals surface area contributed by atoms with Crippen LogP contribution in [-0.4, -0.2) is 19.6 Å². The molecule has 0 saturated heterocycles. The van der Waals surface area contributed by atoms with Crippen LogP contribution in [0.2, 0.25) is 0 Å². The van der Waals surface area contributed by atoms with Crippen LogP contribution in [0.15, 0.2) is 21.9 Å². The monoisotopic (exact) mass is 266 g/mol. The lowest BCUT2D eigenvalue weighted by Gasteiger charge is -2.15. The molecule has 0 atom stereocenters. The Balaban J connectivity index is 3.02. The summed E-state index contributed by atoms with van der Waals surface area (Å²) < 4.78 is 4.98. The van der Waals surface area contributed by atoms with Crippen molar-refractivity contribution < 1.29 is 4.65 Å². The maximum Gasteiger partial charge on any atom is 0.374 e. The Morgan fingerprint density at radius 2 is 1.65 bits per heavy atom. The predicted molar refractivity (Wildman–Crippen MR) is 79.6 cm³/mol. The van der Waals surface area contributed by atoms with Crippen LogP contribution in [0.4, 0.5) is 0 Å². The smallest absolute Gasteiger partial charge is 0.374 e. The fourth-order valence-electron chi connectivity index (χ4n) is 1.46. The molecule has 92 valence electrons. The highest BCUT2D eigenvalue weighted by Gasteiger charge is 2.12. The lowest BCUT2D eigenvalue weighted by Crippen LogP contribution is -1.94. The van der Waals surface area contributed by atoms with E-state index in [2.05, 4.69) is 26.8 Å². The molecule has 0 saturated carbocycles. The summed E-state index contributed by atoms with van der Waals surface area (Å²) in [5.74, 6) is 3.03. The Morgan fingerprint density at radius 1 is 1.06 bits per heavy atom. The highest BCUT2D eigenvalue weighted by Crippen LogP contribution is 2.40. The largest absolute Gasteiger partial charge is 0.567 e. The van der Waals surface area contributed by atoms with Gasteiger partial charge in [-0.1, -0.05) is 19.9 Å². The number of benzene rings is 1. The molecule has 0 unspecified atom stereocenters. The highest BCUT2D eigenvalue weighted by atomic mass is 32.2. The van der Waals surface area contributed by atoms with Gasteiger partial charge in [0.05, 0.1) is 4.90 Å². The first-order valence-electron chi connectivity index (χ1n) is 6.00. The molecule has 4 heteroatoms. The van der Waals surface area contributed by atoms with Gasteiger partial charge >= 0.3 is 8.05 Å². The first-order valence-corrected chi connectivity index (χ1v) is 7.97. The summed E-state index contributed by atoms with van der Waals surface area (Å²) in [5, 5.41) is 0. The maximum absolute atomic E-state index is 5.35. The van der Waals surface area contributed by atoms with Gasteiger partial charge < -0.3 is 4.65 Å². The third-order valence-electron chi connectivity index (χ3n) is 2.30. The second-order valence-electron chi connectivity index (χ2n) is 3.85. The summed E-state index contributed by atoms with van der Waals surface area (Å²) in [6, 6.07) is 4.04. The van der Waals surface area contributed by atoms with Crippen molar-refractivity contribution in [3.8, 4) is 5.75 Å². The van der Waals surface area contributed by atoms with Crippen molar-refractivity contribution in [2.45, 2.75) is 43.4 Å². The number of rotatable bonds is 7. The maximum atomic E-state index is 5.35. The van der Waals surface area contributed by atoms with Crippen molar-refractivity contribution >= 4 is 31.6 Å². The minimum absolute atomic E-state index is 0.799. The molecule has 0 spiro atoms. The third kappa shape index (κ3) is 4.18. The van der Waals surface area contributed by atoms with Crippen molar-refractivity contribution in [1.82, 2.24) is 0 Å². The van der Waals surface area contributed by atoms with Crippen LogP contribution in [0.3, 0.4) is 0 Å². The van der Waals surface area contributed by atoms with Gasteiger partial charge in [0, 0.05) is 4.90 Å². The molecule has 1 aromatic rings. The van der Waals surface area contributed by atoms with Crippen LogP contribution in [0.5, 0.6) is 5.75 Å². The Morgan fingerprint density at radius 3 is 2.18 bits per heavy atom. The van der Waals surface area contributed by atoms with E-state index in [1.165, 1.54) is 21.8 Å². The molecule has 0 heterocycles. The van der Waals surface area contributed by atoms with E-state index in [9.17, 15) is 0 Å². The minimum Gasteiger partial charge on any atom is -0.567 e. The first kappa shape index (κ1) is 14.8. The second kappa shape index (κ2) is 7.99. The van der Waals surface area contributed by atoms with E-state index in [0.717, 1.165) is 23.7 Å². The van der Waals surface area contributed by atoms with E-state index in [1.807, 2.05) is 29.6 Å². The van der Waals surface area contributed by atoms with E-state index in [0.29, 0.717) is 0 Å². The van der Waals surface area contributed by atoms with Gasteiger partial charge in [-0.2, -0.15) is 0 Å². The van der Waals surface area contributed by atoms with Gasteiger partial charge in [0.25, 0.3) is 0 Å². The third-order valence-corrected chi connectivity index (χ3v) is 5.16. The second-order valence-corrected chi connectivity index (χ2v) is 6.06. The zero-order valence-electron chi connectivity index (χ0n) is 10.8. The molecule has 0 aliphatic rings. The van der Waals surface area contributed by atoms with Crippen molar-refractivity contribution in [3.63, 3.8) is 0 Å². The number of aryl methyl sites for hydroxylation is 1. The van der Waals surface area contributed by atoms with Gasteiger partial charge in [-0.05, 0) is 42.9 Å². The molecule has 0 bridgehead atoms. The van der Waals surface area contributed by atoms with Gasteiger partial charge in [-0.15, -0.1) is 23.5 Å². The molecule has 1 rings (SSSR count). The number of hydrogen-bond donors (Lipinski definition) is 0. The van der Waals surface area contributed by atoms with Crippen molar-refractivity contribution in [2.24, 2.45) is 0 Å². The Hall–Kier alpha value is -0.215. The molecule has 17 heavy (non-hydrogen) atoms. The summed E-state index contributed by atoms with van der Waals surface area (Å²) in [4.78, 5) is 2.53. The molecule has 2 radical (unpaired) electrons. The van der Waals surface area contributed by atoms with E-state index >= 15 is 0 Å². The molecule has 0 amide bonds.